The Morgan fingerprint density at radius 1 is 1.00 bits per heavy atom. The number of aldehydes is 1. The van der Waals surface area contributed by atoms with Crippen LogP contribution in [0, 0.1) is 11.6 Å². The molecule has 2 nitrogen and oxygen atoms in total. The average molecular weight is 274 g/mol. The first-order chi connectivity index (χ1) is 9.67. The monoisotopic (exact) mass is 274 g/mol. The number of ether oxygens (including phenoxy) is 1. The van der Waals surface area contributed by atoms with E-state index in [0.717, 1.165) is 37.0 Å². The number of carbonyl (C=O) groups excluding carboxylic acids is 1. The molecule has 1 aliphatic rings. The van der Waals surface area contributed by atoms with Crippen molar-refractivity contribution in [3.05, 3.63) is 58.7 Å². The van der Waals surface area contributed by atoms with Crippen molar-refractivity contribution < 1.29 is 18.3 Å². The van der Waals surface area contributed by atoms with Gasteiger partial charge in [0.25, 0.3) is 0 Å². The lowest BCUT2D eigenvalue weighted by Gasteiger charge is -2.10. The van der Waals surface area contributed by atoms with Gasteiger partial charge in [-0.05, 0) is 54.7 Å². The molecule has 2 aromatic rings. The van der Waals surface area contributed by atoms with Gasteiger partial charge in [-0.25, -0.2) is 8.78 Å². The molecular weight excluding hydrogens is 262 g/mol. The molecule has 0 unspecified atom stereocenters. The van der Waals surface area contributed by atoms with Gasteiger partial charge in [-0.15, -0.1) is 0 Å². The first kappa shape index (κ1) is 12.8. The highest BCUT2D eigenvalue weighted by Crippen LogP contribution is 2.31. The van der Waals surface area contributed by atoms with Gasteiger partial charge in [0.15, 0.2) is 17.4 Å². The van der Waals surface area contributed by atoms with E-state index in [9.17, 15) is 13.6 Å². The molecule has 0 heterocycles. The zero-order valence-electron chi connectivity index (χ0n) is 10.7. The first-order valence-electron chi connectivity index (χ1n) is 6.41. The minimum Gasteiger partial charge on any atom is -0.451 e. The second-order valence-corrected chi connectivity index (χ2v) is 4.82. The smallest absolute Gasteiger partial charge is 0.198 e. The molecular formula is C16H12F2O2. The van der Waals surface area contributed by atoms with Gasteiger partial charge in [0, 0.05) is 5.56 Å². The fourth-order valence-electron chi connectivity index (χ4n) is 2.47. The summed E-state index contributed by atoms with van der Waals surface area (Å²) in [6.07, 6.45) is 3.48. The van der Waals surface area contributed by atoms with E-state index in [1.807, 2.05) is 12.1 Å². The van der Waals surface area contributed by atoms with E-state index >= 15 is 0 Å². The maximum absolute atomic E-state index is 13.7. The third kappa shape index (κ3) is 2.29. The Morgan fingerprint density at radius 3 is 2.40 bits per heavy atom. The van der Waals surface area contributed by atoms with Crippen LogP contribution in [0.5, 0.6) is 11.5 Å². The summed E-state index contributed by atoms with van der Waals surface area (Å²) in [5.74, 6) is -1.84. The Hall–Kier alpha value is -2.23. The van der Waals surface area contributed by atoms with Crippen molar-refractivity contribution in [3.63, 3.8) is 0 Å². The summed E-state index contributed by atoms with van der Waals surface area (Å²) in [4.78, 5) is 10.5. The summed E-state index contributed by atoms with van der Waals surface area (Å²) in [6, 6.07) is 7.36. The van der Waals surface area contributed by atoms with Gasteiger partial charge in [-0.3, -0.25) is 4.79 Å². The van der Waals surface area contributed by atoms with Gasteiger partial charge in [-0.2, -0.15) is 0 Å². The Labute approximate surface area is 115 Å². The van der Waals surface area contributed by atoms with E-state index in [-0.39, 0.29) is 5.56 Å². The molecule has 3 rings (SSSR count). The van der Waals surface area contributed by atoms with Crippen LogP contribution in [0.1, 0.15) is 27.9 Å². The van der Waals surface area contributed by atoms with Crippen LogP contribution in [-0.2, 0) is 12.8 Å². The molecule has 20 heavy (non-hydrogen) atoms. The fraction of sp³-hybridized carbons (Fsp3) is 0.188. The number of rotatable bonds is 3. The molecule has 0 fully saturated rings. The lowest BCUT2D eigenvalue weighted by molar-refractivity contribution is 0.112. The number of halogens is 2. The van der Waals surface area contributed by atoms with Crippen LogP contribution in [-0.4, -0.2) is 6.29 Å². The Morgan fingerprint density at radius 2 is 1.70 bits per heavy atom. The highest BCUT2D eigenvalue weighted by Gasteiger charge is 2.16. The predicted octanol–water partition coefficient (Wildman–Crippen LogP) is 4.06. The zero-order valence-corrected chi connectivity index (χ0v) is 10.7. The molecule has 102 valence electrons. The van der Waals surface area contributed by atoms with Crippen LogP contribution < -0.4 is 4.74 Å². The van der Waals surface area contributed by atoms with Crippen molar-refractivity contribution in [1.82, 2.24) is 0 Å². The van der Waals surface area contributed by atoms with Gasteiger partial charge in [0.1, 0.15) is 12.0 Å². The third-order valence-electron chi connectivity index (χ3n) is 3.45. The van der Waals surface area contributed by atoms with Gasteiger partial charge < -0.3 is 4.74 Å². The summed E-state index contributed by atoms with van der Waals surface area (Å²) in [7, 11) is 0. The Balaban J connectivity index is 1.93. The van der Waals surface area contributed by atoms with Crippen LogP contribution >= 0.6 is 0 Å². The molecule has 0 aliphatic heterocycles. The zero-order chi connectivity index (χ0) is 14.1. The van der Waals surface area contributed by atoms with Gasteiger partial charge in [-0.1, -0.05) is 6.07 Å². The number of aryl methyl sites for hydroxylation is 2. The maximum Gasteiger partial charge on any atom is 0.198 e. The minimum atomic E-state index is -0.882. The number of fused-ring (bicyclic) bond motifs is 1. The first-order valence-corrected chi connectivity index (χ1v) is 6.41. The maximum atomic E-state index is 13.7. The Kier molecular flexibility index (Phi) is 3.22. The number of hydrogen-bond donors (Lipinski definition) is 0. The van der Waals surface area contributed by atoms with Crippen molar-refractivity contribution >= 4 is 6.29 Å². The van der Waals surface area contributed by atoms with Gasteiger partial charge in [0.05, 0.1) is 0 Å². The van der Waals surface area contributed by atoms with Crippen molar-refractivity contribution in [2.24, 2.45) is 0 Å². The average Bonchev–Trinajstić information content (AvgIpc) is 2.90. The summed E-state index contributed by atoms with van der Waals surface area (Å²) in [5.41, 5.74) is 2.36. The molecule has 0 amide bonds. The summed E-state index contributed by atoms with van der Waals surface area (Å²) >= 11 is 0. The highest BCUT2D eigenvalue weighted by atomic mass is 19.1. The molecule has 0 aromatic heterocycles. The summed E-state index contributed by atoms with van der Waals surface area (Å²) in [6.45, 7) is 0. The number of benzene rings is 2. The standard InChI is InChI=1S/C16H12F2O2/c17-14-6-10(9-19)7-15(18)16(14)20-13-5-4-11-2-1-3-12(11)8-13/h4-9H,1-3H2. The minimum absolute atomic E-state index is 0.0543. The Bertz CT molecular complexity index is 657. The lowest BCUT2D eigenvalue weighted by atomic mass is 10.1. The van der Waals surface area contributed by atoms with E-state index in [1.54, 1.807) is 6.07 Å². The van der Waals surface area contributed by atoms with Crippen LogP contribution in [0.4, 0.5) is 8.78 Å². The van der Waals surface area contributed by atoms with Crippen molar-refractivity contribution in [2.75, 3.05) is 0 Å². The molecule has 0 N–H and O–H groups in total. The normalized spacial score (nSPS) is 13.1. The predicted molar refractivity (Wildman–Crippen MR) is 70.3 cm³/mol. The van der Waals surface area contributed by atoms with E-state index in [0.29, 0.717) is 12.0 Å². The molecule has 0 saturated carbocycles. The van der Waals surface area contributed by atoms with Crippen LogP contribution in [0.25, 0.3) is 0 Å². The molecule has 2 aromatic carbocycles. The van der Waals surface area contributed by atoms with E-state index in [4.69, 9.17) is 4.74 Å². The summed E-state index contributed by atoms with van der Waals surface area (Å²) in [5, 5.41) is 0. The fourth-order valence-corrected chi connectivity index (χ4v) is 2.47. The van der Waals surface area contributed by atoms with Gasteiger partial charge in [0.2, 0.25) is 0 Å². The third-order valence-corrected chi connectivity index (χ3v) is 3.45. The second-order valence-electron chi connectivity index (χ2n) is 4.82. The SMILES string of the molecule is O=Cc1cc(F)c(Oc2ccc3c(c2)CCC3)c(F)c1. The number of carbonyl (C=O) groups is 1. The molecule has 0 spiro atoms. The van der Waals surface area contributed by atoms with Crippen molar-refractivity contribution in [3.8, 4) is 11.5 Å². The van der Waals surface area contributed by atoms with Gasteiger partial charge >= 0.3 is 0 Å². The van der Waals surface area contributed by atoms with Crippen LogP contribution in [0.3, 0.4) is 0 Å². The molecule has 0 saturated heterocycles. The van der Waals surface area contributed by atoms with E-state index in [1.165, 1.54) is 5.56 Å². The van der Waals surface area contributed by atoms with Crippen molar-refractivity contribution in [2.45, 2.75) is 19.3 Å². The molecule has 0 radical (unpaired) electrons. The molecule has 1 aliphatic carbocycles. The molecule has 0 atom stereocenters. The largest absolute Gasteiger partial charge is 0.451 e. The highest BCUT2D eigenvalue weighted by molar-refractivity contribution is 5.75. The van der Waals surface area contributed by atoms with Crippen LogP contribution in [0.15, 0.2) is 30.3 Å². The van der Waals surface area contributed by atoms with E-state index < -0.39 is 17.4 Å². The molecule has 4 heteroatoms. The van der Waals surface area contributed by atoms with E-state index in [2.05, 4.69) is 0 Å². The summed E-state index contributed by atoms with van der Waals surface area (Å²) < 4.78 is 32.8. The number of hydrogen-bond acceptors (Lipinski definition) is 2. The van der Waals surface area contributed by atoms with Crippen molar-refractivity contribution in [1.29, 1.82) is 0 Å². The quantitative estimate of drug-likeness (QED) is 0.789. The lowest BCUT2D eigenvalue weighted by Crippen LogP contribution is -1.96. The van der Waals surface area contributed by atoms with Crippen LogP contribution in [0.2, 0.25) is 0 Å². The topological polar surface area (TPSA) is 26.3 Å². The second kappa shape index (κ2) is 5.04. The molecule has 0 bridgehead atoms.